The van der Waals surface area contributed by atoms with Gasteiger partial charge in [0.1, 0.15) is 12.6 Å². The van der Waals surface area contributed by atoms with Gasteiger partial charge in [-0.05, 0) is 32.0 Å². The molecule has 0 aliphatic heterocycles. The average Bonchev–Trinajstić information content (AvgIpc) is 3.23. The fourth-order valence-corrected chi connectivity index (χ4v) is 4.40. The van der Waals surface area contributed by atoms with E-state index in [2.05, 4.69) is 10.6 Å². The molecule has 2 atom stereocenters. The molecule has 4 aromatic rings. The molecule has 9 heteroatoms. The van der Waals surface area contributed by atoms with E-state index >= 15 is 4.39 Å². The number of Topliss-reactive ketones (excluding diaryl/α,β-unsaturated/α-hetero) is 1. The second kappa shape index (κ2) is 10.9. The zero-order chi connectivity index (χ0) is 26.7. The van der Waals surface area contributed by atoms with Crippen molar-refractivity contribution in [3.8, 4) is 11.1 Å². The van der Waals surface area contributed by atoms with Crippen LogP contribution in [0.4, 0.5) is 10.1 Å². The standard InChI is InChI=1S/C28H25ClFN3O4/c1-16(34)21-14-33(24-13-6-4-9-19(21)24)15-25(36)32-27(17(2)35)28(37)31-23-12-7-10-20(26(23)30)18-8-3-5-11-22(18)29/h3-14,17,27,35H,15H2,1-2H3,(H,31,37)(H,32,36)/t17-,27+/m1/s1. The van der Waals surface area contributed by atoms with Crippen LogP contribution in [0, 0.1) is 5.82 Å². The number of nitrogens with zero attached hydrogens (tertiary/aromatic N) is 1. The maximum absolute atomic E-state index is 15.3. The van der Waals surface area contributed by atoms with Crippen LogP contribution in [0.1, 0.15) is 24.2 Å². The van der Waals surface area contributed by atoms with Crippen LogP contribution in [0.15, 0.2) is 72.9 Å². The molecule has 0 saturated carbocycles. The molecule has 1 aromatic heterocycles. The number of hydrogen-bond donors (Lipinski definition) is 3. The van der Waals surface area contributed by atoms with E-state index in [0.29, 0.717) is 27.1 Å². The quantitative estimate of drug-likeness (QED) is 0.290. The molecule has 0 spiro atoms. The minimum absolute atomic E-state index is 0.121. The zero-order valence-electron chi connectivity index (χ0n) is 20.2. The van der Waals surface area contributed by atoms with Crippen molar-refractivity contribution in [2.24, 2.45) is 0 Å². The largest absolute Gasteiger partial charge is 0.391 e. The lowest BCUT2D eigenvalue weighted by molar-refractivity contribution is -0.129. The summed E-state index contributed by atoms with van der Waals surface area (Å²) >= 11 is 6.20. The Kier molecular flexibility index (Phi) is 7.71. The highest BCUT2D eigenvalue weighted by Gasteiger charge is 2.27. The summed E-state index contributed by atoms with van der Waals surface area (Å²) in [5.74, 6) is -2.20. The van der Waals surface area contributed by atoms with E-state index in [-0.39, 0.29) is 23.6 Å². The number of hydrogen-bond acceptors (Lipinski definition) is 4. The van der Waals surface area contributed by atoms with Crippen LogP contribution >= 0.6 is 11.6 Å². The van der Waals surface area contributed by atoms with Crippen molar-refractivity contribution in [2.45, 2.75) is 32.5 Å². The maximum Gasteiger partial charge on any atom is 0.249 e. The molecule has 0 aliphatic rings. The maximum atomic E-state index is 15.3. The minimum atomic E-state index is -1.36. The molecule has 4 rings (SSSR count). The molecule has 0 bridgehead atoms. The minimum Gasteiger partial charge on any atom is -0.391 e. The number of nitrogens with one attached hydrogen (secondary N) is 2. The number of carbonyl (C=O) groups is 3. The van der Waals surface area contributed by atoms with Gasteiger partial charge in [0, 0.05) is 38.8 Å². The number of anilines is 1. The predicted molar refractivity (Wildman–Crippen MR) is 141 cm³/mol. The van der Waals surface area contributed by atoms with Crippen molar-refractivity contribution in [1.82, 2.24) is 9.88 Å². The third-order valence-electron chi connectivity index (χ3n) is 5.98. The summed E-state index contributed by atoms with van der Waals surface area (Å²) in [6.07, 6.45) is 0.313. The number of halogens is 2. The Morgan fingerprint density at radius 3 is 2.38 bits per heavy atom. The summed E-state index contributed by atoms with van der Waals surface area (Å²) in [5, 5.41) is 16.3. The Bertz CT molecular complexity index is 1500. The van der Waals surface area contributed by atoms with Crippen LogP contribution in [-0.4, -0.2) is 39.4 Å². The molecule has 7 nitrogen and oxygen atoms in total. The second-order valence-electron chi connectivity index (χ2n) is 8.67. The Morgan fingerprint density at radius 2 is 1.68 bits per heavy atom. The number of para-hydroxylation sites is 1. The molecule has 3 N–H and O–H groups in total. The SMILES string of the molecule is CC(=O)c1cn(CC(=O)N[C@H](C(=O)Nc2cccc(-c3ccccc3Cl)c2F)[C@@H](C)O)c2ccccc12. The van der Waals surface area contributed by atoms with Crippen molar-refractivity contribution >= 4 is 45.8 Å². The molecule has 0 radical (unpaired) electrons. The molecule has 0 aliphatic carbocycles. The number of ketones is 1. The van der Waals surface area contributed by atoms with Gasteiger partial charge in [-0.15, -0.1) is 0 Å². The third kappa shape index (κ3) is 5.55. The second-order valence-corrected chi connectivity index (χ2v) is 9.07. The number of aliphatic hydroxyl groups is 1. The van der Waals surface area contributed by atoms with Gasteiger partial charge in [-0.2, -0.15) is 0 Å². The zero-order valence-corrected chi connectivity index (χ0v) is 20.9. The molecule has 2 amide bonds. The molecule has 190 valence electrons. The van der Waals surface area contributed by atoms with Gasteiger partial charge in [0.15, 0.2) is 11.6 Å². The summed E-state index contributed by atoms with van der Waals surface area (Å²) in [7, 11) is 0. The molecule has 1 heterocycles. The van der Waals surface area contributed by atoms with Gasteiger partial charge in [0.05, 0.1) is 11.8 Å². The van der Waals surface area contributed by atoms with E-state index in [1.807, 2.05) is 0 Å². The topological polar surface area (TPSA) is 100 Å². The summed E-state index contributed by atoms with van der Waals surface area (Å²) < 4.78 is 16.9. The molecular weight excluding hydrogens is 497 g/mol. The van der Waals surface area contributed by atoms with E-state index in [4.69, 9.17) is 11.6 Å². The van der Waals surface area contributed by atoms with Gasteiger partial charge in [0.25, 0.3) is 0 Å². The van der Waals surface area contributed by atoms with E-state index in [0.717, 1.165) is 0 Å². The van der Waals surface area contributed by atoms with Crippen molar-refractivity contribution in [3.63, 3.8) is 0 Å². The van der Waals surface area contributed by atoms with E-state index in [1.54, 1.807) is 65.4 Å². The normalized spacial score (nSPS) is 12.7. The summed E-state index contributed by atoms with van der Waals surface area (Å²) in [6, 6.07) is 17.0. The number of fused-ring (bicyclic) bond motifs is 1. The molecular formula is C28H25ClFN3O4. The highest BCUT2D eigenvalue weighted by molar-refractivity contribution is 6.33. The summed E-state index contributed by atoms with van der Waals surface area (Å²) in [5.41, 5.74) is 1.69. The number of aliphatic hydroxyl groups excluding tert-OH is 1. The number of carbonyl (C=O) groups excluding carboxylic acids is 3. The summed E-state index contributed by atoms with van der Waals surface area (Å²) in [6.45, 7) is 2.60. The number of aromatic nitrogens is 1. The Morgan fingerprint density at radius 1 is 1.00 bits per heavy atom. The van der Waals surface area contributed by atoms with Gasteiger partial charge in [-0.3, -0.25) is 14.4 Å². The fraction of sp³-hybridized carbons (Fsp3) is 0.179. The lowest BCUT2D eigenvalue weighted by atomic mass is 10.0. The van der Waals surface area contributed by atoms with Crippen LogP contribution in [-0.2, 0) is 16.1 Å². The van der Waals surface area contributed by atoms with Crippen molar-refractivity contribution in [2.75, 3.05) is 5.32 Å². The fourth-order valence-electron chi connectivity index (χ4n) is 4.16. The van der Waals surface area contributed by atoms with Crippen molar-refractivity contribution in [3.05, 3.63) is 89.3 Å². The number of rotatable bonds is 8. The van der Waals surface area contributed by atoms with Gasteiger partial charge in [0.2, 0.25) is 11.8 Å². The number of amides is 2. The summed E-state index contributed by atoms with van der Waals surface area (Å²) in [4.78, 5) is 37.8. The van der Waals surface area contributed by atoms with Crippen LogP contribution in [0.25, 0.3) is 22.0 Å². The van der Waals surface area contributed by atoms with E-state index in [1.165, 1.54) is 26.0 Å². The Labute approximate surface area is 217 Å². The average molecular weight is 522 g/mol. The van der Waals surface area contributed by atoms with Gasteiger partial charge < -0.3 is 20.3 Å². The lowest BCUT2D eigenvalue weighted by Gasteiger charge is -2.21. The lowest BCUT2D eigenvalue weighted by Crippen LogP contribution is -2.51. The first-order valence-electron chi connectivity index (χ1n) is 11.6. The van der Waals surface area contributed by atoms with Crippen molar-refractivity contribution < 1.29 is 23.9 Å². The first kappa shape index (κ1) is 26.1. The molecule has 37 heavy (non-hydrogen) atoms. The van der Waals surface area contributed by atoms with Crippen LogP contribution < -0.4 is 10.6 Å². The van der Waals surface area contributed by atoms with Crippen LogP contribution in [0.5, 0.6) is 0 Å². The number of benzene rings is 3. The van der Waals surface area contributed by atoms with E-state index in [9.17, 15) is 19.5 Å². The van der Waals surface area contributed by atoms with Gasteiger partial charge >= 0.3 is 0 Å². The highest BCUT2D eigenvalue weighted by Crippen LogP contribution is 2.32. The highest BCUT2D eigenvalue weighted by atomic mass is 35.5. The van der Waals surface area contributed by atoms with Crippen LogP contribution in [0.3, 0.4) is 0 Å². The Balaban J connectivity index is 1.53. The third-order valence-corrected chi connectivity index (χ3v) is 6.31. The van der Waals surface area contributed by atoms with Crippen molar-refractivity contribution in [1.29, 1.82) is 0 Å². The van der Waals surface area contributed by atoms with Gasteiger partial charge in [-0.1, -0.05) is 60.1 Å². The van der Waals surface area contributed by atoms with Crippen LogP contribution in [0.2, 0.25) is 5.02 Å². The Hall–Kier alpha value is -4.01. The van der Waals surface area contributed by atoms with Gasteiger partial charge in [-0.25, -0.2) is 4.39 Å². The van der Waals surface area contributed by atoms with E-state index < -0.39 is 29.8 Å². The first-order chi connectivity index (χ1) is 17.7. The molecule has 0 fully saturated rings. The molecule has 0 unspecified atom stereocenters. The molecule has 3 aromatic carbocycles. The predicted octanol–water partition coefficient (Wildman–Crippen LogP) is 4.81. The monoisotopic (exact) mass is 521 g/mol. The molecule has 0 saturated heterocycles. The smallest absolute Gasteiger partial charge is 0.249 e. The first-order valence-corrected chi connectivity index (χ1v) is 12.0.